The van der Waals surface area contributed by atoms with Crippen molar-refractivity contribution in [3.8, 4) is 0 Å². The molecule has 0 bridgehead atoms. The fourth-order valence-corrected chi connectivity index (χ4v) is 0.846. The lowest BCUT2D eigenvalue weighted by Crippen LogP contribution is -2.47. The normalized spacial score (nSPS) is 16.8. The van der Waals surface area contributed by atoms with Crippen LogP contribution in [-0.4, -0.2) is 51.3 Å². The summed E-state index contributed by atoms with van der Waals surface area (Å²) in [5, 5.41) is 3.38. The predicted molar refractivity (Wildman–Crippen MR) is 52.5 cm³/mol. The smallest absolute Gasteiger partial charge is 0.0643 e. The molecule has 0 aromatic rings. The van der Waals surface area contributed by atoms with Crippen LogP contribution in [0.25, 0.3) is 0 Å². The predicted octanol–water partition coefficient (Wildman–Crippen LogP) is 0.563. The summed E-state index contributed by atoms with van der Waals surface area (Å²) in [6.07, 6.45) is 0. The van der Waals surface area contributed by atoms with Gasteiger partial charge in [0.1, 0.15) is 0 Å². The van der Waals surface area contributed by atoms with Crippen LogP contribution in [-0.2, 0) is 4.74 Å². The molecule has 1 heterocycles. The van der Waals surface area contributed by atoms with Gasteiger partial charge in [0.15, 0.2) is 0 Å². The lowest BCUT2D eigenvalue weighted by Gasteiger charge is -2.27. The molecule has 0 amide bonds. The molecule has 1 saturated heterocycles. The first-order chi connectivity index (χ1) is 5.79. The lowest BCUT2D eigenvalue weighted by molar-refractivity contribution is -0.00530. The van der Waals surface area contributed by atoms with Gasteiger partial charge in [-0.05, 0) is 14.1 Å². The van der Waals surface area contributed by atoms with Crippen LogP contribution in [0.5, 0.6) is 0 Å². The number of rotatable bonds is 4. The maximum atomic E-state index is 5.02. The largest absolute Gasteiger partial charge is 0.378 e. The van der Waals surface area contributed by atoms with Crippen molar-refractivity contribution >= 4 is 0 Å². The molecule has 0 radical (unpaired) electrons. The number of hydrogen-bond donors (Lipinski definition) is 1. The van der Waals surface area contributed by atoms with Gasteiger partial charge in [-0.3, -0.25) is 0 Å². The molecular formula is C9H22N2O. The molecule has 3 heteroatoms. The van der Waals surface area contributed by atoms with Crippen LogP contribution in [0.4, 0.5) is 0 Å². The van der Waals surface area contributed by atoms with Gasteiger partial charge in [-0.1, -0.05) is 13.8 Å². The Morgan fingerprint density at radius 2 is 1.92 bits per heavy atom. The third-order valence-electron chi connectivity index (χ3n) is 1.63. The highest BCUT2D eigenvalue weighted by Gasteiger charge is 2.16. The minimum atomic E-state index is 0.625. The van der Waals surface area contributed by atoms with E-state index in [-0.39, 0.29) is 0 Å². The Labute approximate surface area is 76.1 Å². The molecule has 0 unspecified atom stereocenters. The summed E-state index contributed by atoms with van der Waals surface area (Å²) in [4.78, 5) is 2.17. The third kappa shape index (κ3) is 5.52. The second-order valence-corrected chi connectivity index (χ2v) is 2.99. The van der Waals surface area contributed by atoms with E-state index < -0.39 is 0 Å². The van der Waals surface area contributed by atoms with E-state index >= 15 is 0 Å². The Morgan fingerprint density at radius 1 is 1.33 bits per heavy atom. The van der Waals surface area contributed by atoms with Gasteiger partial charge in [0, 0.05) is 13.1 Å². The van der Waals surface area contributed by atoms with Crippen molar-refractivity contribution in [2.75, 3.05) is 40.4 Å². The second-order valence-electron chi connectivity index (χ2n) is 2.99. The van der Waals surface area contributed by atoms with Crippen LogP contribution in [0, 0.1) is 0 Å². The third-order valence-corrected chi connectivity index (χ3v) is 1.63. The first-order valence-corrected chi connectivity index (χ1v) is 4.75. The van der Waals surface area contributed by atoms with Crippen molar-refractivity contribution in [3.63, 3.8) is 0 Å². The number of likely N-dealkylation sites (N-methyl/N-ethyl adjacent to an activating group) is 1. The van der Waals surface area contributed by atoms with Gasteiger partial charge in [0.25, 0.3) is 0 Å². The van der Waals surface area contributed by atoms with Crippen molar-refractivity contribution in [1.29, 1.82) is 0 Å². The quantitative estimate of drug-likeness (QED) is 0.674. The van der Waals surface area contributed by atoms with Crippen molar-refractivity contribution in [3.05, 3.63) is 0 Å². The van der Waals surface area contributed by atoms with Crippen molar-refractivity contribution in [2.45, 2.75) is 19.9 Å². The maximum Gasteiger partial charge on any atom is 0.0643 e. The highest BCUT2D eigenvalue weighted by molar-refractivity contribution is 4.72. The van der Waals surface area contributed by atoms with Gasteiger partial charge < -0.3 is 15.0 Å². The number of hydrogen-bond acceptors (Lipinski definition) is 3. The zero-order valence-corrected chi connectivity index (χ0v) is 8.76. The summed E-state index contributed by atoms with van der Waals surface area (Å²) < 4.78 is 5.02. The highest BCUT2D eigenvalue weighted by Crippen LogP contribution is 1.97. The molecule has 12 heavy (non-hydrogen) atoms. The monoisotopic (exact) mass is 174 g/mol. The first-order valence-electron chi connectivity index (χ1n) is 4.75. The minimum Gasteiger partial charge on any atom is -0.378 e. The molecule has 0 aromatic heterocycles. The van der Waals surface area contributed by atoms with Crippen LogP contribution in [0.1, 0.15) is 13.8 Å². The summed E-state index contributed by atoms with van der Waals surface area (Å²) in [7, 11) is 4.16. The molecule has 0 atom stereocenters. The van der Waals surface area contributed by atoms with E-state index in [0.717, 1.165) is 26.3 Å². The maximum absolute atomic E-state index is 5.02. The molecule has 1 N–H and O–H groups in total. The van der Waals surface area contributed by atoms with Crippen molar-refractivity contribution < 1.29 is 4.74 Å². The lowest BCUT2D eigenvalue weighted by atomic mass is 10.2. The summed E-state index contributed by atoms with van der Waals surface area (Å²) >= 11 is 0. The van der Waals surface area contributed by atoms with Crippen LogP contribution in [0.15, 0.2) is 0 Å². The van der Waals surface area contributed by atoms with Crippen LogP contribution in [0.2, 0.25) is 0 Å². The van der Waals surface area contributed by atoms with E-state index in [9.17, 15) is 0 Å². The molecule has 1 rings (SSSR count). The van der Waals surface area contributed by atoms with Crippen LogP contribution in [0.3, 0.4) is 0 Å². The molecule has 74 valence electrons. The summed E-state index contributed by atoms with van der Waals surface area (Å²) in [5.74, 6) is 0. The van der Waals surface area contributed by atoms with Gasteiger partial charge in [0.2, 0.25) is 0 Å². The number of ether oxygens (including phenoxy) is 1. The Bertz CT molecular complexity index is 92.5. The van der Waals surface area contributed by atoms with Gasteiger partial charge >= 0.3 is 0 Å². The molecule has 0 aliphatic carbocycles. The molecule has 1 fully saturated rings. The minimum absolute atomic E-state index is 0.625. The number of nitrogens with zero attached hydrogens (tertiary/aromatic N) is 1. The van der Waals surface area contributed by atoms with Gasteiger partial charge in [-0.25, -0.2) is 0 Å². The summed E-state index contributed by atoms with van der Waals surface area (Å²) in [5.41, 5.74) is 0. The summed E-state index contributed by atoms with van der Waals surface area (Å²) in [6.45, 7) is 7.97. The standard InChI is InChI=1S/C7H16N2O.C2H6/c1-9(2)4-3-8-7-5-10-6-7;1-2/h7-8H,3-6H2,1-2H3;1-2H3. The van der Waals surface area contributed by atoms with Gasteiger partial charge in [-0.15, -0.1) is 0 Å². The van der Waals surface area contributed by atoms with Gasteiger partial charge in [-0.2, -0.15) is 0 Å². The van der Waals surface area contributed by atoms with E-state index in [1.165, 1.54) is 0 Å². The Hall–Kier alpha value is -0.120. The van der Waals surface area contributed by atoms with E-state index in [0.29, 0.717) is 6.04 Å². The zero-order chi connectivity index (χ0) is 9.40. The molecule has 0 aromatic carbocycles. The average molecular weight is 174 g/mol. The highest BCUT2D eigenvalue weighted by atomic mass is 16.5. The topological polar surface area (TPSA) is 24.5 Å². The van der Waals surface area contributed by atoms with E-state index in [2.05, 4.69) is 24.3 Å². The fourth-order valence-electron chi connectivity index (χ4n) is 0.846. The molecule has 0 spiro atoms. The number of nitrogens with one attached hydrogen (secondary N) is 1. The van der Waals surface area contributed by atoms with Crippen molar-refractivity contribution in [2.24, 2.45) is 0 Å². The SMILES string of the molecule is CC.CN(C)CCNC1COC1. The first kappa shape index (κ1) is 11.9. The Kier molecular flexibility index (Phi) is 7.45. The van der Waals surface area contributed by atoms with Crippen molar-refractivity contribution in [1.82, 2.24) is 10.2 Å². The molecule has 0 saturated carbocycles. The molecule has 1 aliphatic rings. The van der Waals surface area contributed by atoms with E-state index in [1.807, 2.05) is 13.8 Å². The molecule has 3 nitrogen and oxygen atoms in total. The van der Waals surface area contributed by atoms with E-state index in [1.54, 1.807) is 0 Å². The fraction of sp³-hybridized carbons (Fsp3) is 1.00. The molecule has 1 aliphatic heterocycles. The zero-order valence-electron chi connectivity index (χ0n) is 8.76. The Morgan fingerprint density at radius 3 is 2.25 bits per heavy atom. The second kappa shape index (κ2) is 7.53. The van der Waals surface area contributed by atoms with Crippen LogP contribution >= 0.6 is 0 Å². The Balaban J connectivity index is 0.000000561. The summed E-state index contributed by atoms with van der Waals surface area (Å²) in [6, 6.07) is 0.625. The van der Waals surface area contributed by atoms with Crippen LogP contribution < -0.4 is 5.32 Å². The molecular weight excluding hydrogens is 152 g/mol. The van der Waals surface area contributed by atoms with Gasteiger partial charge in [0.05, 0.1) is 19.3 Å². The van der Waals surface area contributed by atoms with E-state index in [4.69, 9.17) is 4.74 Å². The average Bonchev–Trinajstić information content (AvgIpc) is 1.98.